The predicted octanol–water partition coefficient (Wildman–Crippen LogP) is 0.507. The maximum atomic E-state index is 12.5. The summed E-state index contributed by atoms with van der Waals surface area (Å²) in [5.41, 5.74) is -3.15. The molecule has 0 aliphatic carbocycles. The summed E-state index contributed by atoms with van der Waals surface area (Å²) in [5, 5.41) is 26.6. The zero-order valence-electron chi connectivity index (χ0n) is 8.44. The Morgan fingerprint density at radius 3 is 2.18 bits per heavy atom. The van der Waals surface area contributed by atoms with Crippen molar-refractivity contribution in [2.75, 3.05) is 6.54 Å². The fourth-order valence-corrected chi connectivity index (χ4v) is 1.70. The summed E-state index contributed by atoms with van der Waals surface area (Å²) in [4.78, 5) is 21.7. The largest absolute Gasteiger partial charge is 0.480 e. The van der Waals surface area contributed by atoms with Crippen LogP contribution in [0.5, 0.6) is 0 Å². The number of carbonyl (C=O) groups is 2. The quantitative estimate of drug-likeness (QED) is 0.635. The zero-order chi connectivity index (χ0) is 13.4. The molecule has 0 radical (unpaired) electrons. The number of carboxylic acids is 1. The van der Waals surface area contributed by atoms with Gasteiger partial charge in [0, 0.05) is 19.4 Å². The van der Waals surface area contributed by atoms with E-state index in [1.807, 2.05) is 0 Å². The SMILES string of the molecule is O=C(O)C1CC(O)(C(F)(F)F)CCN1C(=O)O. The van der Waals surface area contributed by atoms with Crippen LogP contribution in [0.25, 0.3) is 0 Å². The minimum Gasteiger partial charge on any atom is -0.480 e. The molecular weight excluding hydrogens is 247 g/mol. The number of likely N-dealkylation sites (tertiary alicyclic amines) is 1. The maximum Gasteiger partial charge on any atom is 0.417 e. The Morgan fingerprint density at radius 1 is 1.29 bits per heavy atom. The number of amides is 1. The molecule has 17 heavy (non-hydrogen) atoms. The van der Waals surface area contributed by atoms with Crippen molar-refractivity contribution in [3.8, 4) is 0 Å². The molecule has 0 saturated carbocycles. The number of carboxylic acid groups (broad SMARTS) is 2. The number of piperidine rings is 1. The van der Waals surface area contributed by atoms with Crippen LogP contribution in [0.15, 0.2) is 0 Å². The van der Waals surface area contributed by atoms with Crippen molar-refractivity contribution in [2.24, 2.45) is 0 Å². The van der Waals surface area contributed by atoms with Crippen LogP contribution in [0, 0.1) is 0 Å². The first-order valence-corrected chi connectivity index (χ1v) is 4.60. The molecule has 1 aliphatic rings. The van der Waals surface area contributed by atoms with Crippen LogP contribution in [-0.4, -0.2) is 56.6 Å². The van der Waals surface area contributed by atoms with Crippen molar-refractivity contribution >= 4 is 12.1 Å². The second-order valence-electron chi connectivity index (χ2n) is 3.81. The van der Waals surface area contributed by atoms with Crippen LogP contribution in [0.4, 0.5) is 18.0 Å². The highest BCUT2D eigenvalue weighted by Crippen LogP contribution is 2.40. The number of hydrogen-bond acceptors (Lipinski definition) is 3. The first-order valence-electron chi connectivity index (χ1n) is 4.60. The van der Waals surface area contributed by atoms with Gasteiger partial charge in [0.2, 0.25) is 0 Å². The van der Waals surface area contributed by atoms with Gasteiger partial charge in [-0.3, -0.25) is 4.90 Å². The molecule has 1 heterocycles. The zero-order valence-corrected chi connectivity index (χ0v) is 8.44. The van der Waals surface area contributed by atoms with Gasteiger partial charge in [0.25, 0.3) is 0 Å². The number of alkyl halides is 3. The molecule has 1 rings (SSSR count). The van der Waals surface area contributed by atoms with E-state index in [2.05, 4.69) is 0 Å². The van der Waals surface area contributed by atoms with Crippen molar-refractivity contribution in [3.63, 3.8) is 0 Å². The van der Waals surface area contributed by atoms with Crippen molar-refractivity contribution in [1.29, 1.82) is 0 Å². The summed E-state index contributed by atoms with van der Waals surface area (Å²) in [6, 6.07) is -1.90. The summed E-state index contributed by atoms with van der Waals surface area (Å²) >= 11 is 0. The molecule has 3 N–H and O–H groups in total. The van der Waals surface area contributed by atoms with Crippen LogP contribution < -0.4 is 0 Å². The Labute approximate surface area is 93.3 Å². The average Bonchev–Trinajstić information content (AvgIpc) is 2.15. The Hall–Kier alpha value is -1.51. The molecule has 0 aromatic heterocycles. The summed E-state index contributed by atoms with van der Waals surface area (Å²) in [6.07, 6.45) is -8.67. The molecule has 1 aliphatic heterocycles. The molecule has 0 spiro atoms. The van der Waals surface area contributed by atoms with Gasteiger partial charge in [0.05, 0.1) is 0 Å². The van der Waals surface area contributed by atoms with Gasteiger partial charge in [-0.05, 0) is 0 Å². The first-order chi connectivity index (χ1) is 7.58. The Bertz CT molecular complexity index is 345. The van der Waals surface area contributed by atoms with Crippen molar-refractivity contribution in [3.05, 3.63) is 0 Å². The Kier molecular flexibility index (Phi) is 3.24. The summed E-state index contributed by atoms with van der Waals surface area (Å²) < 4.78 is 37.4. The van der Waals surface area contributed by atoms with Crippen molar-refractivity contribution < 1.29 is 38.1 Å². The molecule has 1 fully saturated rings. The predicted molar refractivity (Wildman–Crippen MR) is 46.4 cm³/mol. The molecule has 0 aromatic carbocycles. The summed E-state index contributed by atoms with van der Waals surface area (Å²) in [7, 11) is 0. The van der Waals surface area contributed by atoms with E-state index in [-0.39, 0.29) is 0 Å². The van der Waals surface area contributed by atoms with Crippen LogP contribution in [0.3, 0.4) is 0 Å². The lowest BCUT2D eigenvalue weighted by Gasteiger charge is -2.41. The smallest absolute Gasteiger partial charge is 0.417 e. The average molecular weight is 257 g/mol. The molecule has 6 nitrogen and oxygen atoms in total. The van der Waals surface area contributed by atoms with E-state index in [0.717, 1.165) is 0 Å². The highest BCUT2D eigenvalue weighted by Gasteiger charge is 2.58. The van der Waals surface area contributed by atoms with Gasteiger partial charge in [-0.15, -0.1) is 0 Å². The lowest BCUT2D eigenvalue weighted by Crippen LogP contribution is -2.60. The van der Waals surface area contributed by atoms with E-state index in [0.29, 0.717) is 4.90 Å². The maximum absolute atomic E-state index is 12.5. The molecule has 1 amide bonds. The first kappa shape index (κ1) is 13.6. The molecule has 2 atom stereocenters. The summed E-state index contributed by atoms with van der Waals surface area (Å²) in [6.45, 7) is -0.678. The van der Waals surface area contributed by atoms with Crippen molar-refractivity contribution in [2.45, 2.75) is 30.7 Å². The lowest BCUT2D eigenvalue weighted by molar-refractivity contribution is -0.275. The van der Waals surface area contributed by atoms with Gasteiger partial charge in [-0.25, -0.2) is 9.59 Å². The normalized spacial score (nSPS) is 30.1. The molecule has 2 unspecified atom stereocenters. The molecular formula is C8H10F3NO5. The second kappa shape index (κ2) is 4.06. The van der Waals surface area contributed by atoms with E-state index >= 15 is 0 Å². The topological polar surface area (TPSA) is 98.1 Å². The lowest BCUT2D eigenvalue weighted by atomic mass is 9.86. The molecule has 0 bridgehead atoms. The van der Waals surface area contributed by atoms with Crippen LogP contribution in [0.2, 0.25) is 0 Å². The molecule has 98 valence electrons. The second-order valence-corrected chi connectivity index (χ2v) is 3.81. The van der Waals surface area contributed by atoms with Crippen LogP contribution in [-0.2, 0) is 4.79 Å². The fraction of sp³-hybridized carbons (Fsp3) is 0.750. The van der Waals surface area contributed by atoms with Gasteiger partial charge >= 0.3 is 18.2 Å². The van der Waals surface area contributed by atoms with Gasteiger partial charge < -0.3 is 15.3 Å². The van der Waals surface area contributed by atoms with E-state index in [1.165, 1.54) is 0 Å². The summed E-state index contributed by atoms with van der Waals surface area (Å²) in [5.74, 6) is -1.71. The third-order valence-electron chi connectivity index (χ3n) is 2.73. The fourth-order valence-electron chi connectivity index (χ4n) is 1.70. The number of nitrogens with zero attached hydrogens (tertiary/aromatic N) is 1. The minimum absolute atomic E-state index is 0.378. The number of hydrogen-bond donors (Lipinski definition) is 3. The number of halogens is 3. The van der Waals surface area contributed by atoms with Gasteiger partial charge in [0.1, 0.15) is 6.04 Å². The van der Waals surface area contributed by atoms with Crippen LogP contribution >= 0.6 is 0 Å². The minimum atomic E-state index is -4.98. The third kappa shape index (κ3) is 2.43. The van der Waals surface area contributed by atoms with Crippen LogP contribution in [0.1, 0.15) is 12.8 Å². The molecule has 0 aromatic rings. The van der Waals surface area contributed by atoms with E-state index in [4.69, 9.17) is 10.2 Å². The number of rotatable bonds is 1. The molecule has 1 saturated heterocycles. The van der Waals surface area contributed by atoms with Gasteiger partial charge in [0.15, 0.2) is 5.60 Å². The van der Waals surface area contributed by atoms with E-state index in [1.54, 1.807) is 0 Å². The van der Waals surface area contributed by atoms with E-state index in [9.17, 15) is 27.9 Å². The highest BCUT2D eigenvalue weighted by molar-refractivity contribution is 5.79. The third-order valence-corrected chi connectivity index (χ3v) is 2.73. The van der Waals surface area contributed by atoms with Crippen molar-refractivity contribution in [1.82, 2.24) is 4.90 Å². The number of aliphatic carboxylic acids is 1. The van der Waals surface area contributed by atoms with E-state index < -0.39 is 49.3 Å². The van der Waals surface area contributed by atoms with Gasteiger partial charge in [-0.1, -0.05) is 0 Å². The van der Waals surface area contributed by atoms with Gasteiger partial charge in [-0.2, -0.15) is 13.2 Å². The highest BCUT2D eigenvalue weighted by atomic mass is 19.4. The molecule has 9 heteroatoms. The standard InChI is InChI=1S/C8H10F3NO5/c9-8(10,11)7(17)1-2-12(6(15)16)4(3-7)5(13)14/h4,17H,1-3H2,(H,13,14)(H,15,16). The number of aliphatic hydroxyl groups is 1. The Morgan fingerprint density at radius 2 is 1.82 bits per heavy atom. The monoisotopic (exact) mass is 257 g/mol. The Balaban J connectivity index is 2.97.